The van der Waals surface area contributed by atoms with E-state index in [0.717, 1.165) is 0 Å². The van der Waals surface area contributed by atoms with Crippen LogP contribution >= 0.6 is 0 Å². The summed E-state index contributed by atoms with van der Waals surface area (Å²) in [6.07, 6.45) is 0. The summed E-state index contributed by atoms with van der Waals surface area (Å²) in [5.41, 5.74) is 0.392. The molecule has 0 spiro atoms. The van der Waals surface area contributed by atoms with Gasteiger partial charge in [-0.2, -0.15) is 0 Å². The molecule has 0 bridgehead atoms. The maximum Gasteiger partial charge on any atom is 0.335 e. The predicted octanol–water partition coefficient (Wildman–Crippen LogP) is 1.74. The van der Waals surface area contributed by atoms with Crippen molar-refractivity contribution in [1.29, 1.82) is 0 Å². The van der Waals surface area contributed by atoms with Gasteiger partial charge in [-0.3, -0.25) is 0 Å². The topological polar surface area (TPSA) is 35.5 Å². The van der Waals surface area contributed by atoms with Crippen molar-refractivity contribution >= 4 is 5.97 Å². The maximum atomic E-state index is 10.8. The fourth-order valence-corrected chi connectivity index (χ4v) is 0.502. The van der Waals surface area contributed by atoms with Crippen molar-refractivity contribution in [3.63, 3.8) is 0 Å². The van der Waals surface area contributed by atoms with Gasteiger partial charge in [-0.05, 0) is 12.8 Å². The zero-order valence-corrected chi connectivity index (χ0v) is 7.92. The molecule has 0 rings (SSSR count). The lowest BCUT2D eigenvalue weighted by Gasteiger charge is -2.07. The van der Waals surface area contributed by atoms with Crippen molar-refractivity contribution in [1.82, 2.24) is 0 Å². The Hall–Kier alpha value is -0.830. The lowest BCUT2D eigenvalue weighted by molar-refractivity contribution is -0.152. The van der Waals surface area contributed by atoms with Crippen molar-refractivity contribution in [2.75, 3.05) is 13.4 Å². The first kappa shape index (κ1) is 11.2. The Labute approximate surface area is 73.4 Å². The van der Waals surface area contributed by atoms with Crippen LogP contribution in [0.25, 0.3) is 0 Å². The number of rotatable bonds is 5. The van der Waals surface area contributed by atoms with Crippen molar-refractivity contribution in [2.45, 2.75) is 20.8 Å². The van der Waals surface area contributed by atoms with Crippen LogP contribution in [0.1, 0.15) is 20.8 Å². The van der Waals surface area contributed by atoms with Crippen LogP contribution in [0, 0.1) is 5.92 Å². The summed E-state index contributed by atoms with van der Waals surface area (Å²) in [4.78, 5) is 10.8. The Morgan fingerprint density at radius 2 is 2.08 bits per heavy atom. The van der Waals surface area contributed by atoms with Crippen LogP contribution in [0.4, 0.5) is 0 Å². The van der Waals surface area contributed by atoms with Gasteiger partial charge in [-0.1, -0.05) is 20.4 Å². The summed E-state index contributed by atoms with van der Waals surface area (Å²) in [6, 6.07) is 0. The Kier molecular flexibility index (Phi) is 5.37. The molecule has 0 aromatic rings. The number of ether oxygens (including phenoxy) is 2. The van der Waals surface area contributed by atoms with Gasteiger partial charge >= 0.3 is 5.97 Å². The normalized spacial score (nSPS) is 10.0. The van der Waals surface area contributed by atoms with Crippen molar-refractivity contribution in [2.24, 2.45) is 5.92 Å². The van der Waals surface area contributed by atoms with Crippen LogP contribution in [-0.4, -0.2) is 19.4 Å². The molecular formula is C9H16O3. The Morgan fingerprint density at radius 3 is 2.50 bits per heavy atom. The van der Waals surface area contributed by atoms with E-state index in [4.69, 9.17) is 9.47 Å². The van der Waals surface area contributed by atoms with Crippen LogP contribution in [0.2, 0.25) is 0 Å². The smallest absolute Gasteiger partial charge is 0.335 e. The molecule has 0 aliphatic heterocycles. The molecule has 0 saturated carbocycles. The maximum absolute atomic E-state index is 10.8. The Balaban J connectivity index is 3.32. The number of carbonyl (C=O) groups is 1. The molecule has 0 aliphatic carbocycles. The number of carbonyl (C=O) groups excluding carboxylic acids is 1. The first-order valence-electron chi connectivity index (χ1n) is 3.94. The second-order valence-corrected chi connectivity index (χ2v) is 3.09. The molecule has 0 unspecified atom stereocenters. The molecule has 0 fully saturated rings. The molecule has 0 heterocycles. The molecule has 0 aromatic heterocycles. The van der Waals surface area contributed by atoms with Gasteiger partial charge in [0.2, 0.25) is 0 Å². The van der Waals surface area contributed by atoms with Crippen LogP contribution in [-0.2, 0) is 14.3 Å². The molecule has 3 heteroatoms. The highest BCUT2D eigenvalue weighted by molar-refractivity contribution is 5.86. The van der Waals surface area contributed by atoms with Crippen molar-refractivity contribution < 1.29 is 14.3 Å². The van der Waals surface area contributed by atoms with Gasteiger partial charge in [0.25, 0.3) is 0 Å². The molecule has 0 radical (unpaired) electrons. The summed E-state index contributed by atoms with van der Waals surface area (Å²) in [5, 5.41) is 0. The van der Waals surface area contributed by atoms with Crippen molar-refractivity contribution in [3.05, 3.63) is 12.2 Å². The fourth-order valence-electron chi connectivity index (χ4n) is 0.502. The Morgan fingerprint density at radius 1 is 1.50 bits per heavy atom. The molecule has 70 valence electrons. The monoisotopic (exact) mass is 172 g/mol. The molecule has 0 amide bonds. The summed E-state index contributed by atoms with van der Waals surface area (Å²) in [6.45, 7) is 9.72. The van der Waals surface area contributed by atoms with E-state index in [2.05, 4.69) is 6.58 Å². The summed E-state index contributed by atoms with van der Waals surface area (Å²) in [5.74, 6) is 0.0484. The molecule has 12 heavy (non-hydrogen) atoms. The number of hydrogen-bond donors (Lipinski definition) is 0. The van der Waals surface area contributed by atoms with Gasteiger partial charge in [0, 0.05) is 5.57 Å². The first-order chi connectivity index (χ1) is 5.54. The predicted molar refractivity (Wildman–Crippen MR) is 46.6 cm³/mol. The van der Waals surface area contributed by atoms with E-state index >= 15 is 0 Å². The fraction of sp³-hybridized carbons (Fsp3) is 0.667. The minimum atomic E-state index is -0.404. The number of esters is 1. The third kappa shape index (κ3) is 5.92. The van der Waals surface area contributed by atoms with E-state index < -0.39 is 5.97 Å². The molecule has 0 atom stereocenters. The Bertz CT molecular complexity index is 161. The minimum absolute atomic E-state index is 0.0177. The van der Waals surface area contributed by atoms with Gasteiger partial charge in [0.05, 0.1) is 6.61 Å². The van der Waals surface area contributed by atoms with Crippen LogP contribution < -0.4 is 0 Å². The second kappa shape index (κ2) is 5.77. The van der Waals surface area contributed by atoms with Crippen LogP contribution in [0.5, 0.6) is 0 Å². The van der Waals surface area contributed by atoms with Crippen LogP contribution in [0.15, 0.2) is 12.2 Å². The van der Waals surface area contributed by atoms with E-state index in [9.17, 15) is 4.79 Å². The van der Waals surface area contributed by atoms with Gasteiger partial charge in [-0.15, -0.1) is 0 Å². The molecular weight excluding hydrogens is 156 g/mol. The standard InChI is InChI=1S/C9H16O3/c1-7(2)5-11-6-12-9(10)8(3)4/h7H,3,5-6H2,1-2,4H3. The SMILES string of the molecule is C=C(C)C(=O)OCOCC(C)C. The second-order valence-electron chi connectivity index (χ2n) is 3.09. The van der Waals surface area contributed by atoms with Gasteiger partial charge in [0.1, 0.15) is 0 Å². The van der Waals surface area contributed by atoms with E-state index in [1.165, 1.54) is 0 Å². The van der Waals surface area contributed by atoms with E-state index in [1.54, 1.807) is 6.92 Å². The molecule has 0 aromatic carbocycles. The van der Waals surface area contributed by atoms with E-state index in [-0.39, 0.29) is 6.79 Å². The number of hydrogen-bond acceptors (Lipinski definition) is 3. The average molecular weight is 172 g/mol. The zero-order chi connectivity index (χ0) is 9.56. The highest BCUT2D eigenvalue weighted by Crippen LogP contribution is 1.95. The quantitative estimate of drug-likeness (QED) is 0.274. The lowest BCUT2D eigenvalue weighted by atomic mass is 10.2. The van der Waals surface area contributed by atoms with Gasteiger partial charge in [0.15, 0.2) is 6.79 Å². The van der Waals surface area contributed by atoms with E-state index in [1.807, 2.05) is 13.8 Å². The van der Waals surface area contributed by atoms with Crippen LogP contribution in [0.3, 0.4) is 0 Å². The van der Waals surface area contributed by atoms with Gasteiger partial charge < -0.3 is 9.47 Å². The molecule has 0 N–H and O–H groups in total. The highest BCUT2D eigenvalue weighted by Gasteiger charge is 2.02. The molecule has 3 nitrogen and oxygen atoms in total. The average Bonchev–Trinajstić information content (AvgIpc) is 1.97. The van der Waals surface area contributed by atoms with Crippen molar-refractivity contribution in [3.8, 4) is 0 Å². The first-order valence-corrected chi connectivity index (χ1v) is 3.94. The lowest BCUT2D eigenvalue weighted by Crippen LogP contribution is -2.11. The summed E-state index contributed by atoms with van der Waals surface area (Å²) in [7, 11) is 0. The highest BCUT2D eigenvalue weighted by atomic mass is 16.7. The summed E-state index contributed by atoms with van der Waals surface area (Å²) < 4.78 is 9.72. The van der Waals surface area contributed by atoms with Gasteiger partial charge in [-0.25, -0.2) is 4.79 Å². The summed E-state index contributed by atoms with van der Waals surface area (Å²) >= 11 is 0. The molecule has 0 saturated heterocycles. The largest absolute Gasteiger partial charge is 0.435 e. The zero-order valence-electron chi connectivity index (χ0n) is 7.92. The minimum Gasteiger partial charge on any atom is -0.435 e. The third-order valence-electron chi connectivity index (χ3n) is 1.07. The van der Waals surface area contributed by atoms with E-state index in [0.29, 0.717) is 18.1 Å². The third-order valence-corrected chi connectivity index (χ3v) is 1.07. The molecule has 0 aliphatic rings.